The summed E-state index contributed by atoms with van der Waals surface area (Å²) in [5.41, 5.74) is 0.282. The molecule has 2 atom stereocenters. The van der Waals surface area contributed by atoms with Crippen LogP contribution in [0.2, 0.25) is 0 Å². The van der Waals surface area contributed by atoms with Gasteiger partial charge in [0.15, 0.2) is 12.2 Å². The highest BCUT2D eigenvalue weighted by atomic mass is 16.8. The zero-order chi connectivity index (χ0) is 27.4. The van der Waals surface area contributed by atoms with Crippen LogP contribution in [0.1, 0.15) is 38.0 Å². The van der Waals surface area contributed by atoms with Crippen molar-refractivity contribution in [2.45, 2.75) is 19.1 Å². The summed E-state index contributed by atoms with van der Waals surface area (Å²) in [6.45, 7) is 3.38. The third-order valence-corrected chi connectivity index (χ3v) is 5.33. The van der Waals surface area contributed by atoms with Gasteiger partial charge in [-0.2, -0.15) is 0 Å². The van der Waals surface area contributed by atoms with Crippen molar-refractivity contribution >= 4 is 47.0 Å². The Bertz CT molecular complexity index is 1340. The van der Waals surface area contributed by atoms with E-state index in [2.05, 4.69) is 11.3 Å². The van der Waals surface area contributed by atoms with Gasteiger partial charge in [0.2, 0.25) is 0 Å². The van der Waals surface area contributed by atoms with Gasteiger partial charge in [0.05, 0.1) is 16.7 Å². The fourth-order valence-corrected chi connectivity index (χ4v) is 3.55. The molecule has 0 aromatic heterocycles. The van der Waals surface area contributed by atoms with Crippen LogP contribution in [0, 0.1) is 0 Å². The van der Waals surface area contributed by atoms with E-state index in [4.69, 9.17) is 28.4 Å². The monoisotopic (exact) mass is 528 g/mol. The lowest BCUT2D eigenvalue weighted by Crippen LogP contribution is -2.32. The molecule has 0 radical (unpaired) electrons. The lowest BCUT2D eigenvalue weighted by Gasteiger charge is -2.20. The molecule has 2 aromatic rings. The minimum absolute atomic E-state index is 0.00467. The number of cyclic esters (lactones) is 4. The molecular formula is C25H20O13. The van der Waals surface area contributed by atoms with Crippen LogP contribution in [0.4, 0.5) is 9.59 Å². The summed E-state index contributed by atoms with van der Waals surface area (Å²) in [4.78, 5) is 72.1. The lowest BCUT2D eigenvalue weighted by atomic mass is 9.94. The number of ether oxygens (including phenoxy) is 7. The summed E-state index contributed by atoms with van der Waals surface area (Å²) in [6.07, 6.45) is -4.13. The smallest absolute Gasteiger partial charge is 0.458 e. The maximum Gasteiger partial charge on any atom is 0.508 e. The summed E-state index contributed by atoms with van der Waals surface area (Å²) in [7, 11) is 0. The predicted octanol–water partition coefficient (Wildman–Crippen LogP) is 2.48. The van der Waals surface area contributed by atoms with E-state index in [1.54, 1.807) is 0 Å². The van der Waals surface area contributed by atoms with E-state index in [0.717, 1.165) is 0 Å². The SMILES string of the molecule is C=C(C)C(=O)OCC(COC(=O)OCC1COC(=O)O1)OC(=O)c1ccc2c3c(cccc13)C(=O)OC2=O. The molecule has 2 heterocycles. The van der Waals surface area contributed by atoms with Crippen LogP contribution in [0.25, 0.3) is 10.8 Å². The molecule has 0 saturated carbocycles. The van der Waals surface area contributed by atoms with Gasteiger partial charge in [-0.25, -0.2) is 28.8 Å². The van der Waals surface area contributed by atoms with Gasteiger partial charge in [0.1, 0.15) is 26.4 Å². The lowest BCUT2D eigenvalue weighted by molar-refractivity contribution is -0.143. The maximum atomic E-state index is 13.1. The number of carbonyl (C=O) groups is 6. The normalized spacial score (nSPS) is 16.6. The molecule has 2 aliphatic rings. The molecule has 0 aliphatic carbocycles. The Balaban J connectivity index is 1.47. The molecule has 13 heteroatoms. The minimum Gasteiger partial charge on any atom is -0.458 e. The van der Waals surface area contributed by atoms with Gasteiger partial charge in [0.25, 0.3) is 0 Å². The number of esters is 4. The van der Waals surface area contributed by atoms with Crippen LogP contribution in [0.5, 0.6) is 0 Å². The molecule has 13 nitrogen and oxygen atoms in total. The van der Waals surface area contributed by atoms with Crippen LogP contribution in [0.3, 0.4) is 0 Å². The molecule has 4 rings (SSSR count). The van der Waals surface area contributed by atoms with Crippen molar-refractivity contribution in [3.05, 3.63) is 59.2 Å². The van der Waals surface area contributed by atoms with E-state index in [-0.39, 0.29) is 46.2 Å². The van der Waals surface area contributed by atoms with Gasteiger partial charge >= 0.3 is 36.2 Å². The van der Waals surface area contributed by atoms with Gasteiger partial charge in [-0.3, -0.25) is 0 Å². The van der Waals surface area contributed by atoms with E-state index in [0.29, 0.717) is 0 Å². The second-order valence-corrected chi connectivity index (χ2v) is 8.14. The molecule has 2 aromatic carbocycles. The van der Waals surface area contributed by atoms with Crippen molar-refractivity contribution in [3.63, 3.8) is 0 Å². The molecule has 1 saturated heterocycles. The van der Waals surface area contributed by atoms with E-state index in [1.807, 2.05) is 0 Å². The van der Waals surface area contributed by atoms with Crippen molar-refractivity contribution in [1.82, 2.24) is 0 Å². The molecule has 2 unspecified atom stereocenters. The second kappa shape index (κ2) is 11.0. The molecule has 0 spiro atoms. The van der Waals surface area contributed by atoms with E-state index in [9.17, 15) is 28.8 Å². The first-order chi connectivity index (χ1) is 18.1. The van der Waals surface area contributed by atoms with Gasteiger partial charge in [-0.1, -0.05) is 18.7 Å². The summed E-state index contributed by atoms with van der Waals surface area (Å²) in [5, 5.41) is 0.478. The Morgan fingerprint density at radius 3 is 2.39 bits per heavy atom. The van der Waals surface area contributed by atoms with Gasteiger partial charge < -0.3 is 33.2 Å². The Kier molecular flexibility index (Phi) is 7.55. The summed E-state index contributed by atoms with van der Waals surface area (Å²) >= 11 is 0. The highest BCUT2D eigenvalue weighted by Gasteiger charge is 2.30. The fourth-order valence-electron chi connectivity index (χ4n) is 3.55. The second-order valence-electron chi connectivity index (χ2n) is 8.14. The van der Waals surface area contributed by atoms with Crippen molar-refractivity contribution in [3.8, 4) is 0 Å². The van der Waals surface area contributed by atoms with Crippen LogP contribution < -0.4 is 0 Å². The number of carbonyl (C=O) groups excluding carboxylic acids is 6. The highest BCUT2D eigenvalue weighted by Crippen LogP contribution is 2.31. The van der Waals surface area contributed by atoms with Crippen LogP contribution in [-0.4, -0.2) is 74.8 Å². The Morgan fingerprint density at radius 2 is 1.71 bits per heavy atom. The first-order valence-electron chi connectivity index (χ1n) is 11.1. The van der Waals surface area contributed by atoms with Crippen molar-refractivity contribution in [1.29, 1.82) is 0 Å². The van der Waals surface area contributed by atoms with E-state index in [1.165, 1.54) is 37.3 Å². The summed E-state index contributed by atoms with van der Waals surface area (Å²) in [6, 6.07) is 7.12. The van der Waals surface area contributed by atoms with Crippen LogP contribution in [-0.2, 0) is 38.0 Å². The molecule has 2 aliphatic heterocycles. The summed E-state index contributed by atoms with van der Waals surface area (Å²) in [5.74, 6) is -3.39. The third-order valence-electron chi connectivity index (χ3n) is 5.33. The fraction of sp³-hybridized carbons (Fsp3) is 0.280. The van der Waals surface area contributed by atoms with Gasteiger partial charge in [-0.15, -0.1) is 0 Å². The molecule has 0 bridgehead atoms. The topological polar surface area (TPSA) is 167 Å². The molecule has 1 fully saturated rings. The first-order valence-corrected chi connectivity index (χ1v) is 11.1. The molecule has 0 amide bonds. The number of rotatable bonds is 9. The van der Waals surface area contributed by atoms with Crippen LogP contribution >= 0.6 is 0 Å². The highest BCUT2D eigenvalue weighted by molar-refractivity contribution is 6.23. The first kappa shape index (κ1) is 26.1. The van der Waals surface area contributed by atoms with E-state index < -0.39 is 61.6 Å². The zero-order valence-electron chi connectivity index (χ0n) is 19.9. The Hall–Kier alpha value is -4.94. The van der Waals surface area contributed by atoms with Crippen molar-refractivity contribution < 1.29 is 61.9 Å². The predicted molar refractivity (Wildman–Crippen MR) is 122 cm³/mol. The Morgan fingerprint density at radius 1 is 1.00 bits per heavy atom. The average Bonchev–Trinajstić information content (AvgIpc) is 3.31. The number of hydrogen-bond donors (Lipinski definition) is 0. The van der Waals surface area contributed by atoms with E-state index >= 15 is 0 Å². The summed E-state index contributed by atoms with van der Waals surface area (Å²) < 4.78 is 34.3. The Labute approximate surface area is 214 Å². The average molecular weight is 528 g/mol. The van der Waals surface area contributed by atoms with Gasteiger partial charge in [0, 0.05) is 11.0 Å². The number of hydrogen-bond acceptors (Lipinski definition) is 13. The molecular weight excluding hydrogens is 508 g/mol. The maximum absolute atomic E-state index is 13.1. The molecule has 0 N–H and O–H groups in total. The molecule has 198 valence electrons. The molecule has 38 heavy (non-hydrogen) atoms. The van der Waals surface area contributed by atoms with Gasteiger partial charge in [-0.05, 0) is 30.5 Å². The quantitative estimate of drug-likeness (QED) is 0.202. The van der Waals surface area contributed by atoms with Crippen LogP contribution in [0.15, 0.2) is 42.5 Å². The standard InChI is InChI=1S/C25H20O13/c1-12(2)20(26)32-8-13(9-33-24(30)34-10-14-11-35-25(31)37-14)36-21(27)16-6-7-18-19-15(16)4-3-5-17(19)22(28)38-23(18)29/h3-7,13-14H,1,8-11H2,2H3. The van der Waals surface area contributed by atoms with Crippen molar-refractivity contribution in [2.24, 2.45) is 0 Å². The number of benzene rings is 2. The zero-order valence-corrected chi connectivity index (χ0v) is 19.9. The van der Waals surface area contributed by atoms with Crippen molar-refractivity contribution in [2.75, 3.05) is 26.4 Å². The third kappa shape index (κ3) is 5.72. The minimum atomic E-state index is -1.27. The largest absolute Gasteiger partial charge is 0.508 e.